The van der Waals surface area contributed by atoms with E-state index in [1.54, 1.807) is 12.1 Å². The smallest absolute Gasteiger partial charge is 0.338 e. The van der Waals surface area contributed by atoms with Crippen LogP contribution in [-0.2, 0) is 15.1 Å². The molecule has 2 aliphatic rings. The Morgan fingerprint density at radius 3 is 2.50 bits per heavy atom. The molecule has 0 fully saturated rings. The van der Waals surface area contributed by atoms with Crippen molar-refractivity contribution >= 4 is 11.8 Å². The number of hydrogen-bond acceptors (Lipinski definition) is 5. The van der Waals surface area contributed by atoms with E-state index in [0.717, 1.165) is 5.56 Å². The summed E-state index contributed by atoms with van der Waals surface area (Å²) in [5.41, 5.74) is 0.696. The Morgan fingerprint density at radius 1 is 1.08 bits per heavy atom. The molecule has 0 aromatic heterocycles. The third-order valence-corrected chi connectivity index (χ3v) is 4.41. The SMILES string of the molecule is COC1=CC2(O)COC(=O)c3ccc(-c4ccccc4)c(c32)C1=O. The number of aliphatic hydroxyl groups is 1. The van der Waals surface area contributed by atoms with Crippen LogP contribution in [-0.4, -0.2) is 30.6 Å². The van der Waals surface area contributed by atoms with Gasteiger partial charge in [0.05, 0.1) is 12.7 Å². The highest BCUT2D eigenvalue weighted by molar-refractivity contribution is 6.16. The standard InChI is InChI=1S/C19H14O5/c1-23-14-9-19(22)10-24-18(21)13-8-7-12(11-5-3-2-4-6-11)15(16(13)19)17(14)20/h2-9,22H,10H2,1H3. The number of rotatable bonds is 2. The third kappa shape index (κ3) is 1.91. The second-order valence-corrected chi connectivity index (χ2v) is 5.82. The third-order valence-electron chi connectivity index (χ3n) is 4.41. The summed E-state index contributed by atoms with van der Waals surface area (Å²) < 4.78 is 10.2. The van der Waals surface area contributed by atoms with Crippen LogP contribution in [0.2, 0.25) is 0 Å². The summed E-state index contributed by atoms with van der Waals surface area (Å²) in [6, 6.07) is 12.6. The van der Waals surface area contributed by atoms with Crippen LogP contribution < -0.4 is 0 Å². The quantitative estimate of drug-likeness (QED) is 0.860. The second kappa shape index (κ2) is 5.04. The number of cyclic esters (lactones) is 1. The zero-order valence-electron chi connectivity index (χ0n) is 12.9. The molecule has 2 aromatic rings. The van der Waals surface area contributed by atoms with E-state index in [-0.39, 0.29) is 29.3 Å². The van der Waals surface area contributed by atoms with Crippen LogP contribution in [0.1, 0.15) is 26.3 Å². The first-order valence-electron chi connectivity index (χ1n) is 7.49. The Hall–Kier alpha value is -2.92. The van der Waals surface area contributed by atoms with Crippen molar-refractivity contribution in [1.29, 1.82) is 0 Å². The number of esters is 1. The highest BCUT2D eigenvalue weighted by atomic mass is 16.5. The van der Waals surface area contributed by atoms with Gasteiger partial charge < -0.3 is 14.6 Å². The molecule has 0 spiro atoms. The zero-order chi connectivity index (χ0) is 16.9. The van der Waals surface area contributed by atoms with E-state index in [2.05, 4.69) is 0 Å². The molecule has 0 saturated heterocycles. The topological polar surface area (TPSA) is 72.8 Å². The van der Waals surface area contributed by atoms with E-state index in [0.29, 0.717) is 11.1 Å². The van der Waals surface area contributed by atoms with Crippen LogP contribution in [0.4, 0.5) is 0 Å². The van der Waals surface area contributed by atoms with Gasteiger partial charge in [-0.05, 0) is 17.2 Å². The zero-order valence-corrected chi connectivity index (χ0v) is 12.9. The summed E-state index contributed by atoms with van der Waals surface area (Å²) >= 11 is 0. The lowest BCUT2D eigenvalue weighted by Gasteiger charge is -2.36. The van der Waals surface area contributed by atoms with Crippen molar-refractivity contribution in [3.8, 4) is 11.1 Å². The van der Waals surface area contributed by atoms with Crippen molar-refractivity contribution < 1.29 is 24.2 Å². The fourth-order valence-corrected chi connectivity index (χ4v) is 3.31. The first-order valence-corrected chi connectivity index (χ1v) is 7.49. The number of allylic oxidation sites excluding steroid dienone is 1. The molecule has 5 heteroatoms. The highest BCUT2D eigenvalue weighted by Crippen LogP contribution is 2.43. The molecule has 0 bridgehead atoms. The van der Waals surface area contributed by atoms with Gasteiger partial charge in [-0.15, -0.1) is 0 Å². The van der Waals surface area contributed by atoms with Gasteiger partial charge in [-0.1, -0.05) is 36.4 Å². The number of ether oxygens (including phenoxy) is 2. The molecule has 0 saturated carbocycles. The lowest BCUT2D eigenvalue weighted by molar-refractivity contribution is -0.0207. The Morgan fingerprint density at radius 2 is 1.79 bits per heavy atom. The molecule has 1 aliphatic carbocycles. The van der Waals surface area contributed by atoms with Gasteiger partial charge in [0.25, 0.3) is 0 Å². The number of methoxy groups -OCH3 is 1. The first kappa shape index (κ1) is 14.7. The van der Waals surface area contributed by atoms with Crippen LogP contribution >= 0.6 is 0 Å². The van der Waals surface area contributed by atoms with Crippen molar-refractivity contribution in [3.05, 3.63) is 71.0 Å². The van der Waals surface area contributed by atoms with Crippen LogP contribution in [0.3, 0.4) is 0 Å². The van der Waals surface area contributed by atoms with Crippen LogP contribution in [0, 0.1) is 0 Å². The largest absolute Gasteiger partial charge is 0.493 e. The van der Waals surface area contributed by atoms with E-state index in [1.165, 1.54) is 13.2 Å². The molecule has 2 aromatic carbocycles. The predicted octanol–water partition coefficient (Wildman–Crippen LogP) is 2.44. The summed E-state index contributed by atoms with van der Waals surface area (Å²) in [5.74, 6) is -0.859. The fourth-order valence-electron chi connectivity index (χ4n) is 3.31. The minimum atomic E-state index is -1.57. The normalized spacial score (nSPS) is 21.7. The summed E-state index contributed by atoms with van der Waals surface area (Å²) in [6.07, 6.45) is 1.32. The maximum absolute atomic E-state index is 12.9. The van der Waals surface area contributed by atoms with Gasteiger partial charge >= 0.3 is 5.97 Å². The maximum Gasteiger partial charge on any atom is 0.338 e. The maximum atomic E-state index is 12.9. The molecule has 0 radical (unpaired) electrons. The number of carbonyl (C=O) groups excluding carboxylic acids is 2. The molecule has 5 nitrogen and oxygen atoms in total. The van der Waals surface area contributed by atoms with Gasteiger partial charge in [-0.2, -0.15) is 0 Å². The molecule has 1 aliphatic heterocycles. The Kier molecular flexibility index (Phi) is 3.08. The van der Waals surface area contributed by atoms with Crippen LogP contribution in [0.5, 0.6) is 0 Å². The summed E-state index contributed by atoms with van der Waals surface area (Å²) in [4.78, 5) is 24.9. The van der Waals surface area contributed by atoms with Crippen molar-refractivity contribution in [2.24, 2.45) is 0 Å². The average molecular weight is 322 g/mol. The summed E-state index contributed by atoms with van der Waals surface area (Å²) in [6.45, 7) is -0.246. The molecule has 24 heavy (non-hydrogen) atoms. The van der Waals surface area contributed by atoms with E-state index in [9.17, 15) is 14.7 Å². The minimum absolute atomic E-state index is 0.0391. The molecule has 120 valence electrons. The van der Waals surface area contributed by atoms with Gasteiger partial charge in [-0.25, -0.2) is 4.79 Å². The summed E-state index contributed by atoms with van der Waals surface area (Å²) in [7, 11) is 1.37. The van der Waals surface area contributed by atoms with E-state index < -0.39 is 11.6 Å². The van der Waals surface area contributed by atoms with Gasteiger partial charge in [0.2, 0.25) is 5.78 Å². The van der Waals surface area contributed by atoms with Crippen molar-refractivity contribution in [3.63, 3.8) is 0 Å². The van der Waals surface area contributed by atoms with Crippen molar-refractivity contribution in [2.45, 2.75) is 5.60 Å². The lowest BCUT2D eigenvalue weighted by Crippen LogP contribution is -2.42. The Bertz CT molecular complexity index is 897. The first-order chi connectivity index (χ1) is 11.5. The second-order valence-electron chi connectivity index (χ2n) is 5.82. The van der Waals surface area contributed by atoms with E-state index >= 15 is 0 Å². The van der Waals surface area contributed by atoms with Gasteiger partial charge in [0, 0.05) is 17.2 Å². The number of hydrogen-bond donors (Lipinski definition) is 1. The van der Waals surface area contributed by atoms with E-state index in [1.807, 2.05) is 30.3 Å². The van der Waals surface area contributed by atoms with E-state index in [4.69, 9.17) is 9.47 Å². The molecule has 4 rings (SSSR count). The van der Waals surface area contributed by atoms with Gasteiger partial charge in [0.15, 0.2) is 5.76 Å². The number of benzene rings is 2. The monoisotopic (exact) mass is 322 g/mol. The van der Waals surface area contributed by atoms with Crippen LogP contribution in [0.15, 0.2) is 54.3 Å². The molecular formula is C19H14O5. The Labute approximate surface area is 138 Å². The number of Topliss-reactive ketones (excluding diaryl/α,β-unsaturated/α-hetero) is 1. The van der Waals surface area contributed by atoms with Gasteiger partial charge in [-0.3, -0.25) is 4.79 Å². The molecule has 0 amide bonds. The molecule has 1 atom stereocenters. The molecule has 1 N–H and O–H groups in total. The van der Waals surface area contributed by atoms with Crippen molar-refractivity contribution in [1.82, 2.24) is 0 Å². The van der Waals surface area contributed by atoms with Crippen LogP contribution in [0.25, 0.3) is 11.1 Å². The molecule has 1 heterocycles. The Balaban J connectivity index is 2.08. The number of carbonyl (C=O) groups is 2. The predicted molar refractivity (Wildman–Crippen MR) is 85.5 cm³/mol. The minimum Gasteiger partial charge on any atom is -0.493 e. The average Bonchev–Trinajstić information content (AvgIpc) is 2.62. The highest BCUT2D eigenvalue weighted by Gasteiger charge is 2.46. The fraction of sp³-hybridized carbons (Fsp3) is 0.158. The molecular weight excluding hydrogens is 308 g/mol. The van der Waals surface area contributed by atoms with Crippen molar-refractivity contribution in [2.75, 3.05) is 13.7 Å². The van der Waals surface area contributed by atoms with Gasteiger partial charge in [0.1, 0.15) is 12.2 Å². The number of ketones is 1. The summed E-state index contributed by atoms with van der Waals surface area (Å²) in [5, 5.41) is 11.0. The lowest BCUT2D eigenvalue weighted by atomic mass is 9.76. The molecule has 1 unspecified atom stereocenters.